The molecule has 0 unspecified atom stereocenters. The van der Waals surface area contributed by atoms with E-state index in [0.717, 1.165) is 36.4 Å². The van der Waals surface area contributed by atoms with Gasteiger partial charge in [-0.05, 0) is 29.9 Å². The summed E-state index contributed by atoms with van der Waals surface area (Å²) in [7, 11) is 0. The topological polar surface area (TPSA) is 14.1 Å². The maximum Gasteiger partial charge on any atom is 0.0474 e. The first kappa shape index (κ1) is 12.0. The first-order valence-electron chi connectivity index (χ1n) is 5.63. The zero-order valence-corrected chi connectivity index (χ0v) is 10.7. The van der Waals surface area contributed by atoms with Gasteiger partial charge in [0.15, 0.2) is 0 Å². The lowest BCUT2D eigenvalue weighted by molar-refractivity contribution is 0.453. The second-order valence-electron chi connectivity index (χ2n) is 4.14. The van der Waals surface area contributed by atoms with Crippen LogP contribution in [0.15, 0.2) is 24.3 Å². The molecule has 0 saturated carbocycles. The minimum atomic E-state index is 0.536. The summed E-state index contributed by atoms with van der Waals surface area (Å²) < 4.78 is 0. The fourth-order valence-electron chi connectivity index (χ4n) is 2.01. The molecule has 1 radical (unpaired) electrons. The number of halogens is 1. The average Bonchev–Trinajstić information content (AvgIpc) is 2.39. The fourth-order valence-corrected chi connectivity index (χ4v) is 2.56. The molecule has 0 atom stereocenters. The molecule has 0 N–H and O–H groups in total. The summed E-state index contributed by atoms with van der Waals surface area (Å²) in [5.41, 5.74) is 2.32. The van der Waals surface area contributed by atoms with Gasteiger partial charge in [-0.1, -0.05) is 36.5 Å². The van der Waals surface area contributed by atoms with Gasteiger partial charge in [-0.3, -0.25) is 0 Å². The number of thiocarbonyl (C=S) groups is 1. The molecule has 85 valence electrons. The van der Waals surface area contributed by atoms with Gasteiger partial charge in [-0.15, -0.1) is 11.6 Å². The third-order valence-electron chi connectivity index (χ3n) is 3.03. The second-order valence-corrected chi connectivity index (χ2v) is 4.85. The van der Waals surface area contributed by atoms with Gasteiger partial charge in [0, 0.05) is 23.8 Å². The van der Waals surface area contributed by atoms with Crippen molar-refractivity contribution in [2.45, 2.75) is 18.7 Å². The Morgan fingerprint density at radius 1 is 1.25 bits per heavy atom. The Morgan fingerprint density at radius 2 is 1.88 bits per heavy atom. The van der Waals surface area contributed by atoms with Crippen LogP contribution in [0.2, 0.25) is 0 Å². The Balaban J connectivity index is 2.07. The Morgan fingerprint density at radius 3 is 2.44 bits per heavy atom. The predicted molar refractivity (Wildman–Crippen MR) is 72.3 cm³/mol. The van der Waals surface area contributed by atoms with Gasteiger partial charge < -0.3 is 0 Å². The van der Waals surface area contributed by atoms with E-state index in [1.807, 2.05) is 0 Å². The molecule has 1 aliphatic rings. The van der Waals surface area contributed by atoms with E-state index in [9.17, 15) is 0 Å². The summed E-state index contributed by atoms with van der Waals surface area (Å²) in [5.74, 6) is 1.10. The van der Waals surface area contributed by atoms with E-state index in [4.69, 9.17) is 23.8 Å². The minimum absolute atomic E-state index is 0.536. The third-order valence-corrected chi connectivity index (χ3v) is 3.91. The van der Waals surface area contributed by atoms with Crippen molar-refractivity contribution in [3.8, 4) is 0 Å². The van der Waals surface area contributed by atoms with Crippen molar-refractivity contribution in [1.29, 1.82) is 0 Å². The highest BCUT2D eigenvalue weighted by atomic mass is 35.5. The molecule has 1 saturated heterocycles. The maximum atomic E-state index is 5.76. The standard InChI is InChI=1S/C13H15ClNS/c14-9-10-1-3-11(4-2-10)13(16)12-5-7-15-8-6-12/h1-4,12H,5-9H2. The van der Waals surface area contributed by atoms with Crippen molar-refractivity contribution in [2.75, 3.05) is 13.1 Å². The van der Waals surface area contributed by atoms with E-state index in [1.54, 1.807) is 0 Å². The number of rotatable bonds is 3. The lowest BCUT2D eigenvalue weighted by Gasteiger charge is -2.22. The van der Waals surface area contributed by atoms with Crippen LogP contribution in [0, 0.1) is 5.92 Å². The summed E-state index contributed by atoms with van der Waals surface area (Å²) in [5, 5.41) is 4.35. The molecule has 1 aromatic carbocycles. The number of hydrogen-bond acceptors (Lipinski definition) is 1. The summed E-state index contributed by atoms with van der Waals surface area (Å²) in [6.07, 6.45) is 2.21. The molecular formula is C13H15ClNS. The van der Waals surface area contributed by atoms with Gasteiger partial charge >= 0.3 is 0 Å². The molecule has 1 heterocycles. The van der Waals surface area contributed by atoms with Crippen LogP contribution in [0.3, 0.4) is 0 Å². The van der Waals surface area contributed by atoms with E-state index in [1.165, 1.54) is 5.56 Å². The summed E-state index contributed by atoms with van der Waals surface area (Å²) in [4.78, 5) is 1.09. The molecule has 0 aliphatic carbocycles. The number of piperidine rings is 1. The largest absolute Gasteiger partial charge is 0.242 e. The smallest absolute Gasteiger partial charge is 0.0474 e. The van der Waals surface area contributed by atoms with E-state index in [2.05, 4.69) is 29.6 Å². The van der Waals surface area contributed by atoms with Crippen LogP contribution in [0.4, 0.5) is 0 Å². The van der Waals surface area contributed by atoms with Crippen LogP contribution in [0.5, 0.6) is 0 Å². The van der Waals surface area contributed by atoms with Gasteiger partial charge in [0.05, 0.1) is 0 Å². The van der Waals surface area contributed by atoms with Crippen molar-refractivity contribution < 1.29 is 0 Å². The van der Waals surface area contributed by atoms with Gasteiger partial charge in [0.25, 0.3) is 0 Å². The highest BCUT2D eigenvalue weighted by Gasteiger charge is 2.19. The van der Waals surface area contributed by atoms with E-state index < -0.39 is 0 Å². The molecule has 0 bridgehead atoms. The summed E-state index contributed by atoms with van der Waals surface area (Å²) in [6, 6.07) is 8.29. The molecule has 1 fully saturated rings. The number of alkyl halides is 1. The monoisotopic (exact) mass is 252 g/mol. The summed E-state index contributed by atoms with van der Waals surface area (Å²) >= 11 is 11.3. The normalized spacial score (nSPS) is 17.3. The molecule has 0 aromatic heterocycles. The molecule has 2 rings (SSSR count). The molecule has 1 aliphatic heterocycles. The van der Waals surface area contributed by atoms with Crippen LogP contribution < -0.4 is 5.32 Å². The van der Waals surface area contributed by atoms with E-state index in [0.29, 0.717) is 11.8 Å². The average molecular weight is 253 g/mol. The number of nitrogens with zero attached hydrogens (tertiary/aromatic N) is 1. The van der Waals surface area contributed by atoms with Gasteiger partial charge in [0.2, 0.25) is 0 Å². The van der Waals surface area contributed by atoms with Crippen LogP contribution >= 0.6 is 23.8 Å². The lowest BCUT2D eigenvalue weighted by atomic mass is 9.90. The summed E-state index contributed by atoms with van der Waals surface area (Å²) in [6.45, 7) is 1.93. The van der Waals surface area contributed by atoms with Crippen LogP contribution in [0.1, 0.15) is 24.0 Å². The molecule has 0 amide bonds. The quantitative estimate of drug-likeness (QED) is 0.458. The van der Waals surface area contributed by atoms with Crippen LogP contribution in [-0.4, -0.2) is 18.0 Å². The van der Waals surface area contributed by atoms with Crippen molar-refractivity contribution in [2.24, 2.45) is 5.92 Å². The minimum Gasteiger partial charge on any atom is -0.242 e. The first-order chi connectivity index (χ1) is 7.81. The highest BCUT2D eigenvalue weighted by molar-refractivity contribution is 7.80. The maximum absolute atomic E-state index is 5.76. The van der Waals surface area contributed by atoms with Crippen molar-refractivity contribution in [1.82, 2.24) is 5.32 Å². The van der Waals surface area contributed by atoms with Crippen LogP contribution in [-0.2, 0) is 5.88 Å². The zero-order chi connectivity index (χ0) is 11.4. The molecule has 1 aromatic rings. The van der Waals surface area contributed by atoms with Gasteiger partial charge in [0.1, 0.15) is 0 Å². The molecule has 0 spiro atoms. The Bertz CT molecular complexity index is 355. The lowest BCUT2D eigenvalue weighted by Crippen LogP contribution is -2.27. The number of hydrogen-bond donors (Lipinski definition) is 0. The third kappa shape index (κ3) is 2.82. The Kier molecular flexibility index (Phi) is 4.33. The molecular weight excluding hydrogens is 238 g/mol. The van der Waals surface area contributed by atoms with Crippen molar-refractivity contribution in [3.05, 3.63) is 35.4 Å². The molecule has 16 heavy (non-hydrogen) atoms. The van der Waals surface area contributed by atoms with Crippen molar-refractivity contribution >= 4 is 28.7 Å². The van der Waals surface area contributed by atoms with E-state index >= 15 is 0 Å². The van der Waals surface area contributed by atoms with E-state index in [-0.39, 0.29) is 0 Å². The Labute approximate surface area is 107 Å². The Hall–Kier alpha value is -0.440. The van der Waals surface area contributed by atoms with Crippen LogP contribution in [0.25, 0.3) is 0 Å². The van der Waals surface area contributed by atoms with Gasteiger partial charge in [-0.25, -0.2) is 5.32 Å². The highest BCUT2D eigenvalue weighted by Crippen LogP contribution is 2.20. The van der Waals surface area contributed by atoms with Gasteiger partial charge in [-0.2, -0.15) is 0 Å². The molecule has 1 nitrogen and oxygen atoms in total. The first-order valence-corrected chi connectivity index (χ1v) is 6.58. The SMILES string of the molecule is S=C(c1ccc(CCl)cc1)C1CC[N]CC1. The number of benzene rings is 1. The molecule has 3 heteroatoms. The predicted octanol–water partition coefficient (Wildman–Crippen LogP) is 3.16. The zero-order valence-electron chi connectivity index (χ0n) is 9.16. The fraction of sp³-hybridized carbons (Fsp3) is 0.462. The van der Waals surface area contributed by atoms with Crippen molar-refractivity contribution in [3.63, 3.8) is 0 Å². The second kappa shape index (κ2) is 5.76.